The predicted molar refractivity (Wildman–Crippen MR) is 122 cm³/mol. The van der Waals surface area contributed by atoms with E-state index in [0.717, 1.165) is 23.5 Å². The van der Waals surface area contributed by atoms with Gasteiger partial charge in [0.15, 0.2) is 10.9 Å². The third-order valence-electron chi connectivity index (χ3n) is 5.14. The minimum Gasteiger partial charge on any atom is -0.385 e. The number of benzene rings is 1. The molecule has 0 fully saturated rings. The Morgan fingerprint density at radius 3 is 2.67 bits per heavy atom. The van der Waals surface area contributed by atoms with Crippen LogP contribution in [-0.2, 0) is 17.8 Å². The molecule has 0 unspecified atom stereocenters. The van der Waals surface area contributed by atoms with Gasteiger partial charge in [0.25, 0.3) is 5.56 Å². The molecule has 3 rings (SSSR count). The first kappa shape index (κ1) is 22.6. The van der Waals surface area contributed by atoms with Gasteiger partial charge in [-0.15, -0.1) is 0 Å². The van der Waals surface area contributed by atoms with Crippen LogP contribution in [0.2, 0.25) is 5.02 Å². The number of thioether (sulfide) groups is 1. The maximum atomic E-state index is 13.0. The zero-order valence-electron chi connectivity index (χ0n) is 17.7. The van der Waals surface area contributed by atoms with Crippen LogP contribution < -0.4 is 5.56 Å². The molecule has 0 aliphatic carbocycles. The molecule has 0 saturated carbocycles. The van der Waals surface area contributed by atoms with Gasteiger partial charge in [-0.25, -0.2) is 4.98 Å². The van der Waals surface area contributed by atoms with E-state index in [4.69, 9.17) is 16.3 Å². The second-order valence-corrected chi connectivity index (χ2v) is 8.48. The molecule has 0 aliphatic heterocycles. The lowest BCUT2D eigenvalue weighted by Crippen LogP contribution is -2.24. The Labute approximate surface area is 185 Å². The molecule has 0 amide bonds. The molecule has 0 bridgehead atoms. The van der Waals surface area contributed by atoms with Gasteiger partial charge in [0.2, 0.25) is 0 Å². The van der Waals surface area contributed by atoms with Crippen LogP contribution in [0.5, 0.6) is 0 Å². The molecule has 0 radical (unpaired) electrons. The Hall–Kier alpha value is -2.09. The van der Waals surface area contributed by atoms with Gasteiger partial charge in [0.05, 0.1) is 16.7 Å². The Kier molecular flexibility index (Phi) is 7.39. The van der Waals surface area contributed by atoms with Crippen LogP contribution in [0, 0.1) is 13.8 Å². The van der Waals surface area contributed by atoms with E-state index in [1.807, 2.05) is 19.9 Å². The minimum atomic E-state index is -0.133. The quantitative estimate of drug-likeness (QED) is 0.209. The molecule has 0 spiro atoms. The van der Waals surface area contributed by atoms with Crippen molar-refractivity contribution in [2.24, 2.45) is 0 Å². The number of nitrogens with zero attached hydrogens (tertiary/aromatic N) is 3. The van der Waals surface area contributed by atoms with Crippen molar-refractivity contribution in [3.8, 4) is 0 Å². The van der Waals surface area contributed by atoms with Crippen molar-refractivity contribution in [2.75, 3.05) is 19.5 Å². The molecule has 160 valence electrons. The summed E-state index contributed by atoms with van der Waals surface area (Å²) in [6.45, 7) is 7.86. The van der Waals surface area contributed by atoms with E-state index in [9.17, 15) is 9.59 Å². The molecule has 3 aromatic rings. The minimum absolute atomic E-state index is 0.0247. The van der Waals surface area contributed by atoms with Crippen molar-refractivity contribution >= 4 is 40.0 Å². The molecular weight excluding hydrogens is 422 g/mol. The number of hydrogen-bond acceptors (Lipinski definition) is 5. The van der Waals surface area contributed by atoms with Gasteiger partial charge in [-0.05, 0) is 51.5 Å². The largest absolute Gasteiger partial charge is 0.385 e. The zero-order chi connectivity index (χ0) is 21.8. The lowest BCUT2D eigenvalue weighted by molar-refractivity contribution is 0.102. The fraction of sp³-hybridized carbons (Fsp3) is 0.409. The van der Waals surface area contributed by atoms with Gasteiger partial charge in [0, 0.05) is 48.8 Å². The summed E-state index contributed by atoms with van der Waals surface area (Å²) in [5, 5.41) is 1.55. The molecule has 0 aliphatic rings. The zero-order valence-corrected chi connectivity index (χ0v) is 19.3. The van der Waals surface area contributed by atoms with Crippen molar-refractivity contribution in [1.82, 2.24) is 14.1 Å². The van der Waals surface area contributed by atoms with E-state index in [-0.39, 0.29) is 17.1 Å². The Balaban J connectivity index is 1.92. The first-order chi connectivity index (χ1) is 14.4. The number of methoxy groups -OCH3 is 1. The van der Waals surface area contributed by atoms with E-state index in [1.54, 1.807) is 29.9 Å². The van der Waals surface area contributed by atoms with Crippen molar-refractivity contribution < 1.29 is 9.53 Å². The number of ketones is 1. The highest BCUT2D eigenvalue weighted by atomic mass is 35.5. The predicted octanol–water partition coefficient (Wildman–Crippen LogP) is 4.50. The van der Waals surface area contributed by atoms with Gasteiger partial charge < -0.3 is 9.30 Å². The van der Waals surface area contributed by atoms with E-state index in [2.05, 4.69) is 16.5 Å². The van der Waals surface area contributed by atoms with Crippen LogP contribution in [0.15, 0.2) is 34.2 Å². The van der Waals surface area contributed by atoms with Crippen molar-refractivity contribution in [2.45, 2.75) is 45.4 Å². The fourth-order valence-corrected chi connectivity index (χ4v) is 4.70. The summed E-state index contributed by atoms with van der Waals surface area (Å²) >= 11 is 7.38. The second kappa shape index (κ2) is 9.81. The van der Waals surface area contributed by atoms with Gasteiger partial charge in [-0.2, -0.15) is 0 Å². The number of aryl methyl sites for hydroxylation is 1. The highest BCUT2D eigenvalue weighted by molar-refractivity contribution is 7.99. The fourth-order valence-electron chi connectivity index (χ4n) is 3.63. The number of carbonyl (C=O) groups excluding carboxylic acids is 1. The molecule has 0 N–H and O–H groups in total. The van der Waals surface area contributed by atoms with E-state index >= 15 is 0 Å². The number of hydrogen-bond donors (Lipinski definition) is 0. The highest BCUT2D eigenvalue weighted by Gasteiger charge is 2.18. The highest BCUT2D eigenvalue weighted by Crippen LogP contribution is 2.23. The molecule has 2 aromatic heterocycles. The summed E-state index contributed by atoms with van der Waals surface area (Å²) in [4.78, 5) is 30.6. The average molecular weight is 448 g/mol. The van der Waals surface area contributed by atoms with Gasteiger partial charge in [-0.1, -0.05) is 23.4 Å². The smallest absolute Gasteiger partial charge is 0.262 e. The summed E-state index contributed by atoms with van der Waals surface area (Å²) in [5.41, 5.74) is 3.16. The van der Waals surface area contributed by atoms with E-state index in [0.29, 0.717) is 40.7 Å². The number of aromatic nitrogens is 3. The maximum absolute atomic E-state index is 13.0. The molecule has 6 nitrogen and oxygen atoms in total. The number of rotatable bonds is 9. The van der Waals surface area contributed by atoms with Crippen LogP contribution >= 0.6 is 23.4 Å². The first-order valence-corrected chi connectivity index (χ1v) is 11.3. The first-order valence-electron chi connectivity index (χ1n) is 9.89. The standard InChI is InChI=1S/C22H26ClN3O3S/c1-5-25-14(2)11-18(15(25)3)20(27)13-30-22-24-19-12-16(23)7-8-17(19)21(28)26(22)9-6-10-29-4/h7-8,11-12H,5-6,9-10,13H2,1-4H3. The number of carbonyl (C=O) groups is 1. The summed E-state index contributed by atoms with van der Waals surface area (Å²) < 4.78 is 8.87. The third-order valence-corrected chi connectivity index (χ3v) is 6.35. The number of halogens is 1. The second-order valence-electron chi connectivity index (χ2n) is 7.10. The van der Waals surface area contributed by atoms with E-state index < -0.39 is 0 Å². The summed E-state index contributed by atoms with van der Waals surface area (Å²) in [7, 11) is 1.63. The molecule has 1 aromatic carbocycles. The lowest BCUT2D eigenvalue weighted by Gasteiger charge is -2.13. The van der Waals surface area contributed by atoms with Gasteiger partial charge >= 0.3 is 0 Å². The Bertz CT molecular complexity index is 1140. The average Bonchev–Trinajstić information content (AvgIpc) is 3.01. The Morgan fingerprint density at radius 2 is 2.00 bits per heavy atom. The van der Waals surface area contributed by atoms with Crippen LogP contribution in [0.3, 0.4) is 0 Å². The summed E-state index contributed by atoms with van der Waals surface area (Å²) in [6.07, 6.45) is 0.677. The lowest BCUT2D eigenvalue weighted by atomic mass is 10.2. The Morgan fingerprint density at radius 1 is 1.23 bits per heavy atom. The molecule has 30 heavy (non-hydrogen) atoms. The number of ether oxygens (including phenoxy) is 1. The molecule has 2 heterocycles. The molecule has 0 saturated heterocycles. The van der Waals surface area contributed by atoms with Crippen molar-refractivity contribution in [1.29, 1.82) is 0 Å². The van der Waals surface area contributed by atoms with Crippen LogP contribution in [0.1, 0.15) is 35.1 Å². The maximum Gasteiger partial charge on any atom is 0.262 e. The normalized spacial score (nSPS) is 11.4. The molecule has 8 heteroatoms. The van der Waals surface area contributed by atoms with Crippen LogP contribution in [0.25, 0.3) is 10.9 Å². The SMILES string of the molecule is CCn1c(C)cc(C(=O)CSc2nc3cc(Cl)ccc3c(=O)n2CCCOC)c1C. The molecule has 0 atom stereocenters. The number of Topliss-reactive ketones (excluding diaryl/α,β-unsaturated/α-hetero) is 1. The third kappa shape index (κ3) is 4.63. The van der Waals surface area contributed by atoms with Gasteiger partial charge in [-0.3, -0.25) is 14.2 Å². The summed E-state index contributed by atoms with van der Waals surface area (Å²) in [6, 6.07) is 6.99. The monoisotopic (exact) mass is 447 g/mol. The van der Waals surface area contributed by atoms with Crippen LogP contribution in [0.4, 0.5) is 0 Å². The van der Waals surface area contributed by atoms with E-state index in [1.165, 1.54) is 11.8 Å². The molecular formula is C22H26ClN3O3S. The van der Waals surface area contributed by atoms with Gasteiger partial charge in [0.1, 0.15) is 0 Å². The van der Waals surface area contributed by atoms with Crippen LogP contribution in [-0.4, -0.2) is 39.4 Å². The van der Waals surface area contributed by atoms with Crippen molar-refractivity contribution in [3.63, 3.8) is 0 Å². The van der Waals surface area contributed by atoms with Crippen molar-refractivity contribution in [3.05, 3.63) is 56.6 Å². The summed E-state index contributed by atoms with van der Waals surface area (Å²) in [5.74, 6) is 0.230. The topological polar surface area (TPSA) is 66.1 Å². The number of fused-ring (bicyclic) bond motifs is 1.